The summed E-state index contributed by atoms with van der Waals surface area (Å²) in [5.41, 5.74) is -0.453. The molecule has 1 aromatic rings. The summed E-state index contributed by atoms with van der Waals surface area (Å²) in [7, 11) is 0. The van der Waals surface area contributed by atoms with Gasteiger partial charge in [-0.25, -0.2) is 0 Å². The highest BCUT2D eigenvalue weighted by atomic mass is 19.4. The van der Waals surface area contributed by atoms with Crippen LogP contribution in [0.2, 0.25) is 0 Å². The van der Waals surface area contributed by atoms with Gasteiger partial charge in [0.25, 0.3) is 0 Å². The fourth-order valence-electron chi connectivity index (χ4n) is 2.66. The average Bonchev–Trinajstić information content (AvgIpc) is 3.26. The van der Waals surface area contributed by atoms with Gasteiger partial charge in [0.1, 0.15) is 0 Å². The molecule has 2 rings (SSSR count). The molecule has 1 aromatic heterocycles. The maximum Gasteiger partial charge on any atom is 0.416 e. The smallest absolute Gasteiger partial charge is 0.376 e. The van der Waals surface area contributed by atoms with Crippen molar-refractivity contribution in [3.63, 3.8) is 0 Å². The van der Waals surface area contributed by atoms with Gasteiger partial charge in [-0.2, -0.15) is 13.2 Å². The van der Waals surface area contributed by atoms with E-state index in [1.807, 2.05) is 13.8 Å². The van der Waals surface area contributed by atoms with Gasteiger partial charge in [-0.05, 0) is 38.3 Å². The van der Waals surface area contributed by atoms with E-state index in [2.05, 4.69) is 10.3 Å². The summed E-state index contributed by atoms with van der Waals surface area (Å²) >= 11 is 0. The summed E-state index contributed by atoms with van der Waals surface area (Å²) in [4.78, 5) is 3.89. The van der Waals surface area contributed by atoms with Gasteiger partial charge in [0.2, 0.25) is 0 Å². The molecule has 0 saturated heterocycles. The minimum Gasteiger partial charge on any atom is -0.376 e. The summed E-state index contributed by atoms with van der Waals surface area (Å²) in [5, 5.41) is 3.15. The second-order valence-corrected chi connectivity index (χ2v) is 5.25. The van der Waals surface area contributed by atoms with Crippen molar-refractivity contribution in [3.8, 4) is 0 Å². The molecule has 21 heavy (non-hydrogen) atoms. The van der Waals surface area contributed by atoms with E-state index in [1.54, 1.807) is 0 Å². The van der Waals surface area contributed by atoms with Crippen molar-refractivity contribution >= 4 is 0 Å². The Kier molecular flexibility index (Phi) is 5.22. The number of pyridine rings is 1. The molecule has 118 valence electrons. The van der Waals surface area contributed by atoms with E-state index in [1.165, 1.54) is 12.4 Å². The van der Waals surface area contributed by atoms with Crippen LogP contribution in [0.25, 0.3) is 0 Å². The Balaban J connectivity index is 2.37. The largest absolute Gasteiger partial charge is 0.416 e. The van der Waals surface area contributed by atoms with Crippen LogP contribution in [0.5, 0.6) is 0 Å². The van der Waals surface area contributed by atoms with Crippen molar-refractivity contribution in [2.75, 3.05) is 13.2 Å². The normalized spacial score (nSPS) is 18.5. The third-order valence-corrected chi connectivity index (χ3v) is 3.69. The summed E-state index contributed by atoms with van der Waals surface area (Å²) in [6.45, 7) is 4.82. The number of rotatable bonds is 7. The number of ether oxygens (including phenoxy) is 1. The second-order valence-electron chi connectivity index (χ2n) is 5.25. The van der Waals surface area contributed by atoms with Crippen LogP contribution in [-0.4, -0.2) is 24.2 Å². The van der Waals surface area contributed by atoms with Crippen LogP contribution in [0.3, 0.4) is 0 Å². The highest BCUT2D eigenvalue weighted by Gasteiger charge is 2.42. The molecule has 0 amide bonds. The van der Waals surface area contributed by atoms with Crippen LogP contribution in [0.4, 0.5) is 13.2 Å². The summed E-state index contributed by atoms with van der Waals surface area (Å²) < 4.78 is 45.4. The van der Waals surface area contributed by atoms with Crippen LogP contribution in [0.15, 0.2) is 18.5 Å². The first kappa shape index (κ1) is 16.2. The zero-order valence-corrected chi connectivity index (χ0v) is 12.3. The number of hydrogen-bond donors (Lipinski definition) is 1. The third kappa shape index (κ3) is 3.95. The molecule has 0 bridgehead atoms. The van der Waals surface area contributed by atoms with Crippen molar-refractivity contribution in [1.82, 2.24) is 10.3 Å². The Morgan fingerprint density at radius 2 is 2.10 bits per heavy atom. The lowest BCUT2D eigenvalue weighted by Gasteiger charge is -2.29. The minimum absolute atomic E-state index is 0.178. The van der Waals surface area contributed by atoms with Crippen LogP contribution in [-0.2, 0) is 10.9 Å². The van der Waals surface area contributed by atoms with Crippen LogP contribution >= 0.6 is 0 Å². The molecule has 0 radical (unpaired) electrons. The first-order valence-corrected chi connectivity index (χ1v) is 7.35. The van der Waals surface area contributed by atoms with Crippen LogP contribution in [0.1, 0.15) is 43.9 Å². The van der Waals surface area contributed by atoms with Crippen LogP contribution < -0.4 is 5.32 Å². The van der Waals surface area contributed by atoms with Crippen molar-refractivity contribution in [3.05, 3.63) is 29.6 Å². The molecule has 0 aliphatic heterocycles. The molecule has 1 aliphatic carbocycles. The SMILES string of the molecule is CCNC(c1cnccc1C(F)(F)F)C(OCC)C1CC1. The highest BCUT2D eigenvalue weighted by Crippen LogP contribution is 2.42. The molecule has 1 fully saturated rings. The summed E-state index contributed by atoms with van der Waals surface area (Å²) in [5.74, 6) is 0.329. The zero-order chi connectivity index (χ0) is 15.5. The van der Waals surface area contributed by atoms with E-state index in [0.29, 0.717) is 19.1 Å². The van der Waals surface area contributed by atoms with Gasteiger partial charge in [-0.1, -0.05) is 6.92 Å². The minimum atomic E-state index is -4.38. The van der Waals surface area contributed by atoms with Crippen molar-refractivity contribution < 1.29 is 17.9 Å². The Morgan fingerprint density at radius 1 is 1.38 bits per heavy atom. The number of nitrogens with one attached hydrogen (secondary N) is 1. The zero-order valence-electron chi connectivity index (χ0n) is 12.3. The van der Waals surface area contributed by atoms with Gasteiger partial charge in [-0.15, -0.1) is 0 Å². The number of alkyl halides is 3. The number of nitrogens with zero attached hydrogens (tertiary/aromatic N) is 1. The number of likely N-dealkylation sites (N-methyl/N-ethyl adjacent to an activating group) is 1. The van der Waals surface area contributed by atoms with Gasteiger partial charge in [0, 0.05) is 24.6 Å². The fourth-order valence-corrected chi connectivity index (χ4v) is 2.66. The Bertz CT molecular complexity index is 460. The van der Waals surface area contributed by atoms with E-state index in [0.717, 1.165) is 18.9 Å². The lowest BCUT2D eigenvalue weighted by Crippen LogP contribution is -2.37. The Hall–Kier alpha value is -1.14. The third-order valence-electron chi connectivity index (χ3n) is 3.69. The average molecular weight is 302 g/mol. The first-order chi connectivity index (χ1) is 9.99. The second kappa shape index (κ2) is 6.75. The topological polar surface area (TPSA) is 34.2 Å². The Morgan fingerprint density at radius 3 is 2.62 bits per heavy atom. The van der Waals surface area contributed by atoms with E-state index >= 15 is 0 Å². The van der Waals surface area contributed by atoms with Gasteiger partial charge in [0.05, 0.1) is 17.7 Å². The summed E-state index contributed by atoms with van der Waals surface area (Å²) in [6, 6.07) is 0.558. The van der Waals surface area contributed by atoms with Crippen molar-refractivity contribution in [2.24, 2.45) is 5.92 Å². The molecule has 1 saturated carbocycles. The lowest BCUT2D eigenvalue weighted by atomic mass is 9.95. The van der Waals surface area contributed by atoms with Crippen molar-refractivity contribution in [2.45, 2.75) is 45.0 Å². The molecule has 1 aliphatic rings. The summed E-state index contributed by atoms with van der Waals surface area (Å²) in [6.07, 6.45) is -0.110. The van der Waals surface area contributed by atoms with Crippen molar-refractivity contribution in [1.29, 1.82) is 0 Å². The molecule has 0 spiro atoms. The Labute approximate surface area is 122 Å². The molecular formula is C15H21F3N2O. The van der Waals surface area contributed by atoms with Gasteiger partial charge in [-0.3, -0.25) is 4.98 Å². The molecule has 2 atom stereocenters. The monoisotopic (exact) mass is 302 g/mol. The number of aromatic nitrogens is 1. The molecular weight excluding hydrogens is 281 g/mol. The lowest BCUT2D eigenvalue weighted by molar-refractivity contribution is -0.139. The molecule has 1 heterocycles. The predicted octanol–water partition coefficient (Wildman–Crippen LogP) is 3.57. The molecule has 6 heteroatoms. The quantitative estimate of drug-likeness (QED) is 0.836. The number of hydrogen-bond acceptors (Lipinski definition) is 3. The molecule has 1 N–H and O–H groups in total. The van der Waals surface area contributed by atoms with E-state index in [4.69, 9.17) is 4.74 Å². The van der Waals surface area contributed by atoms with Crippen LogP contribution in [0, 0.1) is 5.92 Å². The van der Waals surface area contributed by atoms with E-state index < -0.39 is 17.8 Å². The predicted molar refractivity (Wildman–Crippen MR) is 73.8 cm³/mol. The molecule has 0 aromatic carbocycles. The van der Waals surface area contributed by atoms with Gasteiger partial charge < -0.3 is 10.1 Å². The fraction of sp³-hybridized carbons (Fsp3) is 0.667. The highest BCUT2D eigenvalue weighted by molar-refractivity contribution is 5.30. The van der Waals surface area contributed by atoms with E-state index in [9.17, 15) is 13.2 Å². The maximum absolute atomic E-state index is 13.2. The standard InChI is InChI=1S/C15H21F3N2O/c1-3-20-13(14(21-4-2)10-5-6-10)11-9-19-8-7-12(11)15(16,17)18/h7-10,13-14,20H,3-6H2,1-2H3. The maximum atomic E-state index is 13.2. The molecule has 3 nitrogen and oxygen atoms in total. The molecule has 2 unspecified atom stereocenters. The van der Waals surface area contributed by atoms with Gasteiger partial charge in [0.15, 0.2) is 0 Å². The van der Waals surface area contributed by atoms with Gasteiger partial charge >= 0.3 is 6.18 Å². The first-order valence-electron chi connectivity index (χ1n) is 7.35. The van der Waals surface area contributed by atoms with E-state index in [-0.39, 0.29) is 11.7 Å². The number of halogens is 3.